The van der Waals surface area contributed by atoms with Gasteiger partial charge in [0.25, 0.3) is 5.91 Å². The summed E-state index contributed by atoms with van der Waals surface area (Å²) in [7, 11) is 2.21. The quantitative estimate of drug-likeness (QED) is 0.419. The number of amides is 1. The minimum atomic E-state index is -0.626. The first-order valence-electron chi connectivity index (χ1n) is 12.9. The number of hydrogen-bond donors (Lipinski definition) is 1. The largest absolute Gasteiger partial charge is 0.363 e. The number of nitrogens with two attached hydrogens (primary N) is 1. The number of nitrogens with zero attached hydrogens (tertiary/aromatic N) is 5. The molecule has 7 nitrogen and oxygen atoms in total. The van der Waals surface area contributed by atoms with Crippen LogP contribution in [-0.4, -0.2) is 63.7 Å². The summed E-state index contributed by atoms with van der Waals surface area (Å²) in [5, 5.41) is 4.20. The molecule has 0 atom stereocenters. The van der Waals surface area contributed by atoms with Crippen LogP contribution in [0.3, 0.4) is 0 Å². The molecule has 4 aromatic rings. The molecule has 7 heteroatoms. The third-order valence-corrected chi connectivity index (χ3v) is 7.04. The molecule has 2 N–H and O–H groups in total. The number of likely N-dealkylation sites (N-methyl/N-ethyl adjacent to an activating group) is 1. The van der Waals surface area contributed by atoms with Gasteiger partial charge in [-0.05, 0) is 79.9 Å². The lowest BCUT2D eigenvalue weighted by Gasteiger charge is -2.20. The lowest BCUT2D eigenvalue weighted by molar-refractivity contribution is 0.0990. The third kappa shape index (κ3) is 6.13. The molecule has 1 fully saturated rings. The predicted molar refractivity (Wildman–Crippen MR) is 147 cm³/mol. The molecule has 0 saturated carbocycles. The number of primary amides is 1. The lowest BCUT2D eigenvalue weighted by Crippen LogP contribution is -2.28. The molecule has 2 heterocycles. The third-order valence-electron chi connectivity index (χ3n) is 7.04. The van der Waals surface area contributed by atoms with Crippen LogP contribution in [0, 0.1) is 6.92 Å². The standard InChI is InChI=1S/C30H34N6O/c1-22-32-30(29(31)37)33-36(22)28-14-8-24(9-15-28)20-23-4-10-26(11-5-23)27-12-6-25(7-13-27)21-35-17-3-16-34(2)18-19-35/h4-15H,3,16-21H2,1-2H3,(H2,31,37). The van der Waals surface area contributed by atoms with Crippen molar-refractivity contribution in [2.75, 3.05) is 33.2 Å². The number of aryl methyl sites for hydroxylation is 1. The van der Waals surface area contributed by atoms with Gasteiger partial charge in [0.2, 0.25) is 5.82 Å². The number of carbonyl (C=O) groups is 1. The van der Waals surface area contributed by atoms with Crippen molar-refractivity contribution in [3.05, 3.63) is 101 Å². The number of carbonyl (C=O) groups excluding carboxylic acids is 1. The van der Waals surface area contributed by atoms with Crippen LogP contribution in [0.4, 0.5) is 0 Å². The Kier molecular flexibility index (Phi) is 7.44. The monoisotopic (exact) mass is 494 g/mol. The first-order valence-corrected chi connectivity index (χ1v) is 12.9. The van der Waals surface area contributed by atoms with Crippen LogP contribution in [0.5, 0.6) is 0 Å². The molecule has 5 rings (SSSR count). The summed E-state index contributed by atoms with van der Waals surface area (Å²) in [6.45, 7) is 7.48. The summed E-state index contributed by atoms with van der Waals surface area (Å²) < 4.78 is 1.64. The van der Waals surface area contributed by atoms with Gasteiger partial charge in [0.1, 0.15) is 5.82 Å². The highest BCUT2D eigenvalue weighted by molar-refractivity contribution is 5.88. The lowest BCUT2D eigenvalue weighted by atomic mass is 9.99. The van der Waals surface area contributed by atoms with Crippen LogP contribution in [-0.2, 0) is 13.0 Å². The van der Waals surface area contributed by atoms with E-state index in [4.69, 9.17) is 5.73 Å². The van der Waals surface area contributed by atoms with E-state index in [1.54, 1.807) is 11.6 Å². The maximum Gasteiger partial charge on any atom is 0.288 e. The van der Waals surface area contributed by atoms with Crippen molar-refractivity contribution in [2.24, 2.45) is 5.73 Å². The van der Waals surface area contributed by atoms with Crippen molar-refractivity contribution < 1.29 is 4.79 Å². The fourth-order valence-corrected chi connectivity index (χ4v) is 4.86. The zero-order chi connectivity index (χ0) is 25.8. The minimum absolute atomic E-state index is 0.0294. The van der Waals surface area contributed by atoms with E-state index in [0.717, 1.165) is 31.7 Å². The van der Waals surface area contributed by atoms with Crippen molar-refractivity contribution in [1.29, 1.82) is 0 Å². The number of aromatic nitrogens is 3. The van der Waals surface area contributed by atoms with Crippen LogP contribution in [0.2, 0.25) is 0 Å². The van der Waals surface area contributed by atoms with Gasteiger partial charge in [0.15, 0.2) is 0 Å². The van der Waals surface area contributed by atoms with E-state index in [9.17, 15) is 4.79 Å². The topological polar surface area (TPSA) is 80.3 Å². The van der Waals surface area contributed by atoms with Crippen molar-refractivity contribution >= 4 is 5.91 Å². The van der Waals surface area contributed by atoms with E-state index < -0.39 is 5.91 Å². The fourth-order valence-electron chi connectivity index (χ4n) is 4.86. The Morgan fingerprint density at radius 1 is 0.811 bits per heavy atom. The normalized spacial score (nSPS) is 15.0. The molecule has 3 aromatic carbocycles. The van der Waals surface area contributed by atoms with E-state index in [-0.39, 0.29) is 5.82 Å². The highest BCUT2D eigenvalue weighted by Crippen LogP contribution is 2.22. The van der Waals surface area contributed by atoms with Gasteiger partial charge in [-0.3, -0.25) is 9.69 Å². The number of hydrogen-bond acceptors (Lipinski definition) is 5. The molecule has 190 valence electrons. The summed E-state index contributed by atoms with van der Waals surface area (Å²) in [6.07, 6.45) is 2.08. The second kappa shape index (κ2) is 11.1. The molecule has 0 unspecified atom stereocenters. The minimum Gasteiger partial charge on any atom is -0.363 e. The van der Waals surface area contributed by atoms with E-state index in [0.29, 0.717) is 5.82 Å². The highest BCUT2D eigenvalue weighted by atomic mass is 16.1. The Morgan fingerprint density at radius 3 is 2.00 bits per heavy atom. The molecule has 1 aliphatic rings. The molecule has 0 bridgehead atoms. The average molecular weight is 495 g/mol. The van der Waals surface area contributed by atoms with Crippen molar-refractivity contribution in [1.82, 2.24) is 24.6 Å². The van der Waals surface area contributed by atoms with E-state index in [1.807, 2.05) is 12.1 Å². The molecule has 0 aliphatic carbocycles. The molecular formula is C30H34N6O. The maximum absolute atomic E-state index is 11.4. The highest BCUT2D eigenvalue weighted by Gasteiger charge is 2.13. The predicted octanol–water partition coefficient (Wildman–Crippen LogP) is 4.07. The Hall–Kier alpha value is -3.81. The van der Waals surface area contributed by atoms with Gasteiger partial charge in [-0.1, -0.05) is 60.7 Å². The zero-order valence-corrected chi connectivity index (χ0v) is 21.6. The Balaban J connectivity index is 1.20. The average Bonchev–Trinajstić information content (AvgIpc) is 3.18. The molecule has 1 aromatic heterocycles. The second-order valence-electron chi connectivity index (χ2n) is 9.93. The summed E-state index contributed by atoms with van der Waals surface area (Å²) in [6, 6.07) is 25.9. The zero-order valence-electron chi connectivity index (χ0n) is 21.6. The Bertz CT molecular complexity index is 1340. The van der Waals surface area contributed by atoms with E-state index >= 15 is 0 Å². The fraction of sp³-hybridized carbons (Fsp3) is 0.300. The molecule has 37 heavy (non-hydrogen) atoms. The van der Waals surface area contributed by atoms with Crippen molar-refractivity contribution in [2.45, 2.75) is 26.3 Å². The maximum atomic E-state index is 11.4. The summed E-state index contributed by atoms with van der Waals surface area (Å²) in [4.78, 5) is 20.5. The Morgan fingerprint density at radius 2 is 1.41 bits per heavy atom. The van der Waals surface area contributed by atoms with Crippen LogP contribution in [0.15, 0.2) is 72.8 Å². The molecular weight excluding hydrogens is 460 g/mol. The molecule has 0 radical (unpaired) electrons. The van der Waals surface area contributed by atoms with Crippen molar-refractivity contribution in [3.8, 4) is 16.8 Å². The van der Waals surface area contributed by atoms with Crippen LogP contribution in [0.1, 0.15) is 39.6 Å². The van der Waals surface area contributed by atoms with Gasteiger partial charge in [-0.25, -0.2) is 9.67 Å². The SMILES string of the molecule is Cc1nc(C(N)=O)nn1-c1ccc(Cc2ccc(-c3ccc(CN4CCCN(C)CC4)cc3)cc2)cc1. The second-order valence-corrected chi connectivity index (χ2v) is 9.93. The summed E-state index contributed by atoms with van der Waals surface area (Å²) in [5.41, 5.74) is 12.5. The molecule has 1 aliphatic heterocycles. The number of rotatable bonds is 7. The summed E-state index contributed by atoms with van der Waals surface area (Å²) in [5.74, 6) is 0.0283. The molecule has 1 saturated heterocycles. The van der Waals surface area contributed by atoms with Gasteiger partial charge >= 0.3 is 0 Å². The molecule has 0 spiro atoms. The molecule has 1 amide bonds. The first kappa shape index (κ1) is 24.9. The van der Waals surface area contributed by atoms with Gasteiger partial charge < -0.3 is 10.6 Å². The van der Waals surface area contributed by atoms with Gasteiger partial charge in [0, 0.05) is 19.6 Å². The van der Waals surface area contributed by atoms with Gasteiger partial charge in [0.05, 0.1) is 5.69 Å². The number of benzene rings is 3. The van der Waals surface area contributed by atoms with E-state index in [2.05, 4.69) is 87.6 Å². The summed E-state index contributed by atoms with van der Waals surface area (Å²) >= 11 is 0. The van der Waals surface area contributed by atoms with Gasteiger partial charge in [-0.15, -0.1) is 5.10 Å². The van der Waals surface area contributed by atoms with Crippen molar-refractivity contribution in [3.63, 3.8) is 0 Å². The first-order chi connectivity index (χ1) is 17.9. The van der Waals surface area contributed by atoms with E-state index in [1.165, 1.54) is 47.3 Å². The van der Waals surface area contributed by atoms with Crippen LogP contribution >= 0.6 is 0 Å². The van der Waals surface area contributed by atoms with Crippen LogP contribution in [0.25, 0.3) is 16.8 Å². The van der Waals surface area contributed by atoms with Crippen LogP contribution < -0.4 is 5.73 Å². The Labute approximate surface area is 218 Å². The smallest absolute Gasteiger partial charge is 0.288 e. The van der Waals surface area contributed by atoms with Gasteiger partial charge in [-0.2, -0.15) is 0 Å².